The maximum Gasteiger partial charge on any atom is 0.109 e. The van der Waals surface area contributed by atoms with E-state index >= 15 is 0 Å². The van der Waals surface area contributed by atoms with E-state index < -0.39 is 5.66 Å². The predicted octanol–water partition coefficient (Wildman–Crippen LogP) is -1.94. The molecular formula is C4H15N5. The van der Waals surface area contributed by atoms with Gasteiger partial charge in [0.05, 0.1) is 0 Å². The van der Waals surface area contributed by atoms with Gasteiger partial charge in [-0.05, 0) is 13.8 Å². The molecule has 0 fully saturated rings. The van der Waals surface area contributed by atoms with E-state index in [-0.39, 0.29) is 6.04 Å². The van der Waals surface area contributed by atoms with Gasteiger partial charge in [-0.25, -0.2) is 0 Å². The summed E-state index contributed by atoms with van der Waals surface area (Å²) in [5.74, 6) is 10.4. The third kappa shape index (κ3) is 1.88. The normalized spacial score (nSPS) is 21.7. The van der Waals surface area contributed by atoms with Crippen molar-refractivity contribution in [2.75, 3.05) is 0 Å². The smallest absolute Gasteiger partial charge is 0.109 e. The zero-order chi connectivity index (χ0) is 7.65. The zero-order valence-corrected chi connectivity index (χ0v) is 5.83. The highest BCUT2D eigenvalue weighted by Gasteiger charge is 2.26. The van der Waals surface area contributed by atoms with Crippen molar-refractivity contribution in [2.45, 2.75) is 25.6 Å². The van der Waals surface area contributed by atoms with E-state index in [4.69, 9.17) is 23.2 Å². The van der Waals surface area contributed by atoms with Gasteiger partial charge in [0.25, 0.3) is 0 Å². The van der Waals surface area contributed by atoms with Crippen LogP contribution in [-0.4, -0.2) is 16.8 Å². The molecule has 0 saturated carbocycles. The third-order valence-electron chi connectivity index (χ3n) is 1.48. The van der Waals surface area contributed by atoms with Gasteiger partial charge in [-0.3, -0.25) is 11.7 Å². The van der Waals surface area contributed by atoms with E-state index in [1.54, 1.807) is 13.8 Å². The minimum absolute atomic E-state index is 0.257. The minimum Gasteiger partial charge on any atom is -0.325 e. The Morgan fingerprint density at radius 2 is 1.78 bits per heavy atom. The first-order valence-electron chi connectivity index (χ1n) is 2.73. The van der Waals surface area contributed by atoms with Gasteiger partial charge in [-0.15, -0.1) is 0 Å². The molecule has 9 heavy (non-hydrogen) atoms. The summed E-state index contributed by atoms with van der Waals surface area (Å²) >= 11 is 0. The summed E-state index contributed by atoms with van der Waals surface area (Å²) in [6, 6.07) is -0.257. The number of hydrogen-bond donors (Lipinski definition) is 4. The largest absolute Gasteiger partial charge is 0.325 e. The molecule has 0 bridgehead atoms. The third-order valence-corrected chi connectivity index (χ3v) is 1.48. The second-order valence-corrected chi connectivity index (χ2v) is 2.42. The molecule has 0 heterocycles. The maximum absolute atomic E-state index is 5.55. The van der Waals surface area contributed by atoms with Crippen molar-refractivity contribution in [2.24, 2.45) is 23.2 Å². The molecule has 5 heteroatoms. The number of nitrogens with two attached hydrogens (primary N) is 4. The van der Waals surface area contributed by atoms with E-state index in [0.29, 0.717) is 0 Å². The quantitative estimate of drug-likeness (QED) is 0.199. The Bertz CT molecular complexity index is 77.0. The van der Waals surface area contributed by atoms with Gasteiger partial charge in [0.1, 0.15) is 5.66 Å². The molecule has 8 N–H and O–H groups in total. The van der Waals surface area contributed by atoms with Gasteiger partial charge in [0, 0.05) is 6.04 Å². The summed E-state index contributed by atoms with van der Waals surface area (Å²) in [5, 5.41) is 0.914. The first-order valence-corrected chi connectivity index (χ1v) is 2.73. The van der Waals surface area contributed by atoms with Crippen molar-refractivity contribution in [3.05, 3.63) is 0 Å². The van der Waals surface area contributed by atoms with Gasteiger partial charge in [0.15, 0.2) is 0 Å². The maximum atomic E-state index is 5.55. The lowest BCUT2D eigenvalue weighted by atomic mass is 10.1. The Morgan fingerprint density at radius 3 is 1.78 bits per heavy atom. The predicted molar refractivity (Wildman–Crippen MR) is 36.5 cm³/mol. The topological polar surface area (TPSA) is 107 Å². The summed E-state index contributed by atoms with van der Waals surface area (Å²) in [6.07, 6.45) is 0. The summed E-state index contributed by atoms with van der Waals surface area (Å²) in [6.45, 7) is 3.41. The molecule has 0 aliphatic heterocycles. The van der Waals surface area contributed by atoms with Crippen LogP contribution in [0, 0.1) is 0 Å². The molecule has 0 saturated heterocycles. The van der Waals surface area contributed by atoms with Crippen molar-refractivity contribution < 1.29 is 0 Å². The lowest BCUT2D eigenvalue weighted by Gasteiger charge is -2.34. The average Bonchev–Trinajstić information content (AvgIpc) is 1.65. The second kappa shape index (κ2) is 2.59. The number of hydrogen-bond acceptors (Lipinski definition) is 5. The van der Waals surface area contributed by atoms with Crippen LogP contribution in [-0.2, 0) is 0 Å². The zero-order valence-electron chi connectivity index (χ0n) is 5.83. The first kappa shape index (κ1) is 8.80. The molecule has 0 aliphatic rings. The molecule has 2 unspecified atom stereocenters. The molecule has 0 aromatic rings. The van der Waals surface area contributed by atoms with Crippen LogP contribution < -0.4 is 23.2 Å². The molecule has 0 radical (unpaired) electrons. The Morgan fingerprint density at radius 1 is 1.44 bits per heavy atom. The van der Waals surface area contributed by atoms with Crippen LogP contribution in [0.15, 0.2) is 0 Å². The lowest BCUT2D eigenvalue weighted by Crippen LogP contribution is -2.68. The van der Waals surface area contributed by atoms with Crippen molar-refractivity contribution in [1.29, 1.82) is 0 Å². The fourth-order valence-electron chi connectivity index (χ4n) is 0.235. The van der Waals surface area contributed by atoms with E-state index in [1.165, 1.54) is 0 Å². The lowest BCUT2D eigenvalue weighted by molar-refractivity contribution is 0.0893. The second-order valence-electron chi connectivity index (χ2n) is 2.42. The van der Waals surface area contributed by atoms with Crippen molar-refractivity contribution in [3.8, 4) is 0 Å². The fourth-order valence-corrected chi connectivity index (χ4v) is 0.235. The molecule has 56 valence electrons. The van der Waals surface area contributed by atoms with Gasteiger partial charge >= 0.3 is 0 Å². The summed E-state index contributed by atoms with van der Waals surface area (Å²) in [5.41, 5.74) is 10.2. The van der Waals surface area contributed by atoms with Gasteiger partial charge in [-0.1, -0.05) is 0 Å². The van der Waals surface area contributed by atoms with Crippen LogP contribution >= 0.6 is 0 Å². The minimum atomic E-state index is -0.833. The fraction of sp³-hybridized carbons (Fsp3) is 1.00. The molecule has 0 rings (SSSR count). The van der Waals surface area contributed by atoms with E-state index in [0.717, 1.165) is 5.12 Å². The van der Waals surface area contributed by atoms with Gasteiger partial charge in [0.2, 0.25) is 0 Å². The molecule has 5 nitrogen and oxygen atoms in total. The van der Waals surface area contributed by atoms with Gasteiger partial charge in [-0.2, -0.15) is 5.12 Å². The Kier molecular flexibility index (Phi) is 2.53. The highest BCUT2D eigenvalue weighted by Crippen LogP contribution is 2.01. The Balaban J connectivity index is 4.01. The molecular weight excluding hydrogens is 118 g/mol. The standard InChI is InChI=1S/C4H15N5/c1-3(5)4(2,6)9(7)8/h3H,5-8H2,1-2H3. The van der Waals surface area contributed by atoms with E-state index in [9.17, 15) is 0 Å². The van der Waals surface area contributed by atoms with E-state index in [1.807, 2.05) is 0 Å². The molecule has 0 spiro atoms. The summed E-state index contributed by atoms with van der Waals surface area (Å²) in [7, 11) is 0. The average molecular weight is 133 g/mol. The van der Waals surface area contributed by atoms with Crippen LogP contribution in [0.25, 0.3) is 0 Å². The van der Waals surface area contributed by atoms with Crippen molar-refractivity contribution in [3.63, 3.8) is 0 Å². The molecule has 0 aromatic carbocycles. The monoisotopic (exact) mass is 133 g/mol. The van der Waals surface area contributed by atoms with Crippen LogP contribution in [0.5, 0.6) is 0 Å². The van der Waals surface area contributed by atoms with Crippen LogP contribution in [0.2, 0.25) is 0 Å². The molecule has 0 amide bonds. The molecule has 0 aromatic heterocycles. The number of nitrogens with zero attached hydrogens (tertiary/aromatic N) is 1. The van der Waals surface area contributed by atoms with Crippen LogP contribution in [0.4, 0.5) is 0 Å². The summed E-state index contributed by atoms with van der Waals surface area (Å²) in [4.78, 5) is 0. The summed E-state index contributed by atoms with van der Waals surface area (Å²) < 4.78 is 0. The Labute approximate surface area is 54.9 Å². The molecule has 2 atom stereocenters. The SMILES string of the molecule is CC(N)C(C)(N)N(N)N. The highest BCUT2D eigenvalue weighted by atomic mass is 15.6. The highest BCUT2D eigenvalue weighted by molar-refractivity contribution is 4.81. The number of hydrazine groups is 2. The first-order chi connectivity index (χ1) is 3.89. The number of rotatable bonds is 2. The molecule has 0 aliphatic carbocycles. The van der Waals surface area contributed by atoms with Crippen LogP contribution in [0.3, 0.4) is 0 Å². The van der Waals surface area contributed by atoms with Crippen molar-refractivity contribution >= 4 is 0 Å². The van der Waals surface area contributed by atoms with Crippen LogP contribution in [0.1, 0.15) is 13.8 Å². The Hall–Kier alpha value is -0.200. The van der Waals surface area contributed by atoms with E-state index in [2.05, 4.69) is 0 Å². The van der Waals surface area contributed by atoms with Crippen molar-refractivity contribution in [1.82, 2.24) is 5.12 Å². The van der Waals surface area contributed by atoms with Gasteiger partial charge < -0.3 is 11.5 Å².